The maximum atomic E-state index is 5.87. The smallest absolute Gasteiger partial charge is 0.228 e. The molecule has 1 rings (SSSR count). The Hall–Kier alpha value is -1.03. The summed E-state index contributed by atoms with van der Waals surface area (Å²) in [5.41, 5.74) is 0. The van der Waals surface area contributed by atoms with Gasteiger partial charge in [-0.25, -0.2) is 4.98 Å². The minimum atomic E-state index is 0.0646. The summed E-state index contributed by atoms with van der Waals surface area (Å²) >= 11 is 5.87. The molecule has 0 saturated heterocycles. The van der Waals surface area contributed by atoms with Crippen LogP contribution in [0.15, 0.2) is 12.3 Å². The fourth-order valence-electron chi connectivity index (χ4n) is 1.09. The van der Waals surface area contributed by atoms with Crippen LogP contribution in [-0.2, 0) is 0 Å². The first-order chi connectivity index (χ1) is 6.63. The third kappa shape index (κ3) is 3.03. The van der Waals surface area contributed by atoms with Crippen molar-refractivity contribution in [2.75, 3.05) is 25.6 Å². The minimum absolute atomic E-state index is 0.0646. The first-order valence-corrected chi connectivity index (χ1v) is 4.79. The van der Waals surface area contributed by atoms with Crippen LogP contribution in [0, 0.1) is 0 Å². The molecule has 1 aromatic heterocycles. The predicted octanol–water partition coefficient (Wildman–Crippen LogP) is 1.55. The minimum Gasteiger partial charge on any atom is -0.481 e. The van der Waals surface area contributed by atoms with Gasteiger partial charge in [0.1, 0.15) is 0 Å². The lowest BCUT2D eigenvalue weighted by Gasteiger charge is -2.18. The number of hydrogen-bond donors (Lipinski definition) is 0. The summed E-state index contributed by atoms with van der Waals surface area (Å²) in [5, 5.41) is 0.0646. The van der Waals surface area contributed by atoms with Crippen molar-refractivity contribution in [3.05, 3.63) is 12.3 Å². The van der Waals surface area contributed by atoms with Gasteiger partial charge in [0.25, 0.3) is 0 Å². The molecule has 1 unspecified atom stereocenters. The van der Waals surface area contributed by atoms with Gasteiger partial charge in [-0.05, 0) is 6.92 Å². The molecule has 14 heavy (non-hydrogen) atoms. The van der Waals surface area contributed by atoms with Crippen LogP contribution in [0.25, 0.3) is 0 Å². The van der Waals surface area contributed by atoms with E-state index in [1.165, 1.54) is 0 Å². The SMILES string of the molecule is COc1ccnc(N(C)CC(C)Cl)n1. The van der Waals surface area contributed by atoms with Gasteiger partial charge in [0, 0.05) is 31.2 Å². The Labute approximate surface area is 88.9 Å². The van der Waals surface area contributed by atoms with Crippen LogP contribution >= 0.6 is 11.6 Å². The molecule has 0 aliphatic rings. The van der Waals surface area contributed by atoms with E-state index in [9.17, 15) is 0 Å². The molecule has 4 nitrogen and oxygen atoms in total. The quantitative estimate of drug-likeness (QED) is 0.715. The normalized spacial score (nSPS) is 12.3. The average Bonchev–Trinajstić information content (AvgIpc) is 2.17. The summed E-state index contributed by atoms with van der Waals surface area (Å²) in [7, 11) is 3.48. The van der Waals surface area contributed by atoms with Crippen molar-refractivity contribution in [1.82, 2.24) is 9.97 Å². The van der Waals surface area contributed by atoms with E-state index in [2.05, 4.69) is 9.97 Å². The van der Waals surface area contributed by atoms with Crippen LogP contribution in [-0.4, -0.2) is 36.0 Å². The summed E-state index contributed by atoms with van der Waals surface area (Å²) in [6.45, 7) is 2.63. The molecule has 78 valence electrons. The van der Waals surface area contributed by atoms with Crippen LogP contribution in [0.5, 0.6) is 5.88 Å². The lowest BCUT2D eigenvalue weighted by Crippen LogP contribution is -2.25. The molecule has 0 aromatic carbocycles. The third-order valence-corrected chi connectivity index (χ3v) is 1.83. The Kier molecular flexibility index (Phi) is 3.95. The maximum absolute atomic E-state index is 5.87. The highest BCUT2D eigenvalue weighted by Gasteiger charge is 2.07. The average molecular weight is 216 g/mol. The lowest BCUT2D eigenvalue weighted by molar-refractivity contribution is 0.397. The van der Waals surface area contributed by atoms with Crippen LogP contribution in [0.2, 0.25) is 0 Å². The zero-order valence-electron chi connectivity index (χ0n) is 8.57. The van der Waals surface area contributed by atoms with Crippen molar-refractivity contribution >= 4 is 17.5 Å². The number of anilines is 1. The fourth-order valence-corrected chi connectivity index (χ4v) is 1.30. The number of hydrogen-bond acceptors (Lipinski definition) is 4. The number of methoxy groups -OCH3 is 1. The number of alkyl halides is 1. The molecular weight excluding hydrogens is 202 g/mol. The molecule has 0 N–H and O–H groups in total. The van der Waals surface area contributed by atoms with E-state index in [0.29, 0.717) is 18.4 Å². The molecule has 1 aromatic rings. The number of ether oxygens (including phenoxy) is 1. The lowest BCUT2D eigenvalue weighted by atomic mass is 10.4. The highest BCUT2D eigenvalue weighted by molar-refractivity contribution is 6.20. The molecular formula is C9H14ClN3O. The maximum Gasteiger partial charge on any atom is 0.228 e. The first-order valence-electron chi connectivity index (χ1n) is 4.35. The van der Waals surface area contributed by atoms with Crippen molar-refractivity contribution in [3.63, 3.8) is 0 Å². The van der Waals surface area contributed by atoms with Crippen molar-refractivity contribution in [2.24, 2.45) is 0 Å². The summed E-state index contributed by atoms with van der Waals surface area (Å²) in [4.78, 5) is 10.2. The van der Waals surface area contributed by atoms with Gasteiger partial charge in [0.05, 0.1) is 7.11 Å². The van der Waals surface area contributed by atoms with Gasteiger partial charge in [0.15, 0.2) is 0 Å². The highest BCUT2D eigenvalue weighted by Crippen LogP contribution is 2.11. The second-order valence-corrected chi connectivity index (χ2v) is 3.81. The van der Waals surface area contributed by atoms with Crippen molar-refractivity contribution in [1.29, 1.82) is 0 Å². The standard InChI is InChI=1S/C9H14ClN3O/c1-7(10)6-13(2)9-11-5-4-8(12-9)14-3/h4-5,7H,6H2,1-3H3. The molecule has 0 amide bonds. The van der Waals surface area contributed by atoms with Crippen LogP contribution < -0.4 is 9.64 Å². The first kappa shape index (κ1) is 11.0. The summed E-state index contributed by atoms with van der Waals surface area (Å²) in [6, 6.07) is 1.71. The molecule has 0 fully saturated rings. The number of nitrogens with zero attached hydrogens (tertiary/aromatic N) is 3. The van der Waals surface area contributed by atoms with Crippen molar-refractivity contribution in [2.45, 2.75) is 12.3 Å². The molecule has 0 saturated carbocycles. The van der Waals surface area contributed by atoms with Crippen LogP contribution in [0.1, 0.15) is 6.92 Å². The zero-order chi connectivity index (χ0) is 10.6. The van der Waals surface area contributed by atoms with Gasteiger partial charge >= 0.3 is 0 Å². The van der Waals surface area contributed by atoms with Gasteiger partial charge in [-0.2, -0.15) is 4.98 Å². The van der Waals surface area contributed by atoms with Gasteiger partial charge in [-0.15, -0.1) is 11.6 Å². The molecule has 0 aliphatic heterocycles. The Balaban J connectivity index is 2.73. The molecule has 5 heteroatoms. The third-order valence-electron chi connectivity index (χ3n) is 1.69. The molecule has 0 spiro atoms. The fraction of sp³-hybridized carbons (Fsp3) is 0.556. The van der Waals surface area contributed by atoms with Crippen molar-refractivity contribution < 1.29 is 4.74 Å². The summed E-state index contributed by atoms with van der Waals surface area (Å²) < 4.78 is 5.00. The molecule has 1 heterocycles. The van der Waals surface area contributed by atoms with Crippen LogP contribution in [0.3, 0.4) is 0 Å². The van der Waals surface area contributed by atoms with E-state index in [4.69, 9.17) is 16.3 Å². The van der Waals surface area contributed by atoms with Crippen LogP contribution in [0.4, 0.5) is 5.95 Å². The van der Waals surface area contributed by atoms with Gasteiger partial charge < -0.3 is 9.64 Å². The number of aromatic nitrogens is 2. The number of halogens is 1. The van der Waals surface area contributed by atoms with Gasteiger partial charge in [-0.1, -0.05) is 0 Å². The molecule has 0 radical (unpaired) electrons. The van der Waals surface area contributed by atoms with E-state index in [1.54, 1.807) is 19.4 Å². The molecule has 0 bridgehead atoms. The monoisotopic (exact) mass is 215 g/mol. The van der Waals surface area contributed by atoms with E-state index < -0.39 is 0 Å². The van der Waals surface area contributed by atoms with E-state index in [-0.39, 0.29) is 5.38 Å². The second kappa shape index (κ2) is 5.00. The Morgan fingerprint density at radius 2 is 2.36 bits per heavy atom. The van der Waals surface area contributed by atoms with E-state index in [0.717, 1.165) is 0 Å². The Morgan fingerprint density at radius 1 is 1.64 bits per heavy atom. The summed E-state index contributed by atoms with van der Waals surface area (Å²) in [5.74, 6) is 1.18. The zero-order valence-corrected chi connectivity index (χ0v) is 9.32. The highest BCUT2D eigenvalue weighted by atomic mass is 35.5. The largest absolute Gasteiger partial charge is 0.481 e. The predicted molar refractivity (Wildman–Crippen MR) is 57.2 cm³/mol. The number of rotatable bonds is 4. The van der Waals surface area contributed by atoms with E-state index >= 15 is 0 Å². The topological polar surface area (TPSA) is 38.2 Å². The molecule has 0 aliphatic carbocycles. The second-order valence-electron chi connectivity index (χ2n) is 3.06. The van der Waals surface area contributed by atoms with Gasteiger partial charge in [0.2, 0.25) is 11.8 Å². The molecule has 1 atom stereocenters. The Bertz CT molecular complexity index is 293. The Morgan fingerprint density at radius 3 is 2.93 bits per heavy atom. The van der Waals surface area contributed by atoms with E-state index in [1.807, 2.05) is 18.9 Å². The van der Waals surface area contributed by atoms with Gasteiger partial charge in [-0.3, -0.25) is 0 Å². The van der Waals surface area contributed by atoms with Crippen molar-refractivity contribution in [3.8, 4) is 5.88 Å². The summed E-state index contributed by atoms with van der Waals surface area (Å²) in [6.07, 6.45) is 1.66.